The Morgan fingerprint density at radius 1 is 1.67 bits per heavy atom. The Morgan fingerprint density at radius 2 is 2.33 bits per heavy atom. The Bertz CT molecular complexity index is 431. The summed E-state index contributed by atoms with van der Waals surface area (Å²) in [6.45, 7) is 4.96. The molecule has 7 nitrogen and oxygen atoms in total. The Morgan fingerprint density at radius 3 is 2.86 bits per heavy atom. The molecule has 0 radical (unpaired) electrons. The first-order valence-electron chi connectivity index (χ1n) is 6.59. The number of nitrogens with one attached hydrogen (secondary N) is 1. The second-order valence-electron chi connectivity index (χ2n) is 4.76. The van der Waals surface area contributed by atoms with Crippen LogP contribution in [0.15, 0.2) is 11.5 Å². The molecule has 0 aromatic carbocycles. The van der Waals surface area contributed by atoms with Crippen LogP contribution in [0, 0.1) is 10.1 Å². The van der Waals surface area contributed by atoms with Gasteiger partial charge in [-0.05, 0) is 20.1 Å². The molecule has 0 aromatic heterocycles. The summed E-state index contributed by atoms with van der Waals surface area (Å²) in [6.07, 6.45) is 2.00. The van der Waals surface area contributed by atoms with Crippen LogP contribution in [0.3, 0.4) is 0 Å². The minimum atomic E-state index is -0.959. The van der Waals surface area contributed by atoms with Gasteiger partial charge in [-0.2, -0.15) is 11.8 Å². The third-order valence-corrected chi connectivity index (χ3v) is 4.96. The van der Waals surface area contributed by atoms with Gasteiger partial charge < -0.3 is 15.3 Å². The van der Waals surface area contributed by atoms with Gasteiger partial charge in [0.15, 0.2) is 5.82 Å². The third-order valence-electron chi connectivity index (χ3n) is 3.23. The quantitative estimate of drug-likeness (QED) is 0.506. The number of carboxylic acid groups (broad SMARTS) is 1. The lowest BCUT2D eigenvalue weighted by molar-refractivity contribution is -0.425. The van der Waals surface area contributed by atoms with Gasteiger partial charge in [0, 0.05) is 24.9 Å². The zero-order valence-electron chi connectivity index (χ0n) is 12.4. The molecule has 0 spiro atoms. The second kappa shape index (κ2) is 8.38. The van der Waals surface area contributed by atoms with Gasteiger partial charge in [-0.3, -0.25) is 14.9 Å². The van der Waals surface area contributed by atoms with Gasteiger partial charge in [-0.15, -0.1) is 11.8 Å². The molecule has 0 aliphatic carbocycles. The Labute approximate surface area is 132 Å². The van der Waals surface area contributed by atoms with Crippen LogP contribution < -0.4 is 5.32 Å². The average Bonchev–Trinajstić information content (AvgIpc) is 2.77. The van der Waals surface area contributed by atoms with Crippen molar-refractivity contribution in [2.24, 2.45) is 0 Å². The van der Waals surface area contributed by atoms with E-state index >= 15 is 0 Å². The Kier molecular flexibility index (Phi) is 7.16. The fraction of sp³-hybridized carbons (Fsp3) is 0.750. The minimum Gasteiger partial charge on any atom is -0.480 e. The number of carbonyl (C=O) groups is 1. The van der Waals surface area contributed by atoms with Crippen LogP contribution in [-0.2, 0) is 4.79 Å². The van der Waals surface area contributed by atoms with Crippen molar-refractivity contribution in [2.75, 3.05) is 30.9 Å². The molecule has 2 N–H and O–H groups in total. The first-order chi connectivity index (χ1) is 9.88. The number of rotatable bonds is 8. The highest BCUT2D eigenvalue weighted by Gasteiger charge is 2.32. The fourth-order valence-electron chi connectivity index (χ4n) is 1.95. The third kappa shape index (κ3) is 4.99. The van der Waals surface area contributed by atoms with Crippen LogP contribution in [0.25, 0.3) is 0 Å². The smallest absolute Gasteiger partial charge is 0.316 e. The predicted octanol–water partition coefficient (Wildman–Crippen LogP) is 1.30. The Hall–Kier alpha value is -1.09. The summed E-state index contributed by atoms with van der Waals surface area (Å²) in [6, 6.07) is 0.198. The first-order valence-corrected chi connectivity index (χ1v) is 9.04. The summed E-state index contributed by atoms with van der Waals surface area (Å²) >= 11 is 2.75. The summed E-state index contributed by atoms with van der Waals surface area (Å²) in [5.74, 6) is 0.538. The molecule has 1 fully saturated rings. The van der Waals surface area contributed by atoms with Gasteiger partial charge in [-0.25, -0.2) is 0 Å². The lowest BCUT2D eigenvalue weighted by Gasteiger charge is -2.23. The van der Waals surface area contributed by atoms with Gasteiger partial charge in [0.1, 0.15) is 0 Å². The molecule has 2 atom stereocenters. The van der Waals surface area contributed by atoms with Gasteiger partial charge in [0.05, 0.1) is 15.9 Å². The number of carboxylic acids is 1. The van der Waals surface area contributed by atoms with Gasteiger partial charge in [0.2, 0.25) is 0 Å². The molecule has 0 saturated carbocycles. The molecule has 0 amide bonds. The van der Waals surface area contributed by atoms with E-state index in [1.807, 2.05) is 18.1 Å². The molecule has 120 valence electrons. The maximum Gasteiger partial charge on any atom is 0.316 e. The van der Waals surface area contributed by atoms with Gasteiger partial charge >= 0.3 is 5.97 Å². The van der Waals surface area contributed by atoms with E-state index in [1.54, 1.807) is 11.8 Å². The zero-order valence-corrected chi connectivity index (χ0v) is 14.0. The molecule has 1 saturated heterocycles. The van der Waals surface area contributed by atoms with Crippen LogP contribution in [-0.4, -0.2) is 63.0 Å². The maximum absolute atomic E-state index is 11.3. The molecule has 1 heterocycles. The van der Waals surface area contributed by atoms with E-state index in [1.165, 1.54) is 6.92 Å². The number of hydrogen-bond acceptors (Lipinski definition) is 7. The predicted molar refractivity (Wildman–Crippen MR) is 86.1 cm³/mol. The lowest BCUT2D eigenvalue weighted by Crippen LogP contribution is -2.31. The molecule has 1 aliphatic heterocycles. The number of nitrogens with zero attached hydrogens (tertiary/aromatic N) is 2. The normalized spacial score (nSPS) is 21.9. The summed E-state index contributed by atoms with van der Waals surface area (Å²) in [4.78, 5) is 23.7. The molecule has 1 rings (SSSR count). The number of thioether (sulfide) groups is 2. The molecule has 0 bridgehead atoms. The number of nitro groups is 1. The number of aliphatic carboxylic acids is 1. The Balaban J connectivity index is 2.89. The average molecular weight is 335 g/mol. The van der Waals surface area contributed by atoms with Crippen molar-refractivity contribution in [3.8, 4) is 0 Å². The molecule has 1 aliphatic rings. The van der Waals surface area contributed by atoms with Crippen molar-refractivity contribution < 1.29 is 14.8 Å². The van der Waals surface area contributed by atoms with Crippen molar-refractivity contribution in [3.05, 3.63) is 21.6 Å². The van der Waals surface area contributed by atoms with Gasteiger partial charge in [-0.1, -0.05) is 0 Å². The largest absolute Gasteiger partial charge is 0.480 e. The van der Waals surface area contributed by atoms with Crippen molar-refractivity contribution in [3.63, 3.8) is 0 Å². The highest BCUT2D eigenvalue weighted by molar-refractivity contribution is 8.00. The van der Waals surface area contributed by atoms with E-state index in [2.05, 4.69) is 5.32 Å². The molecule has 9 heteroatoms. The van der Waals surface area contributed by atoms with E-state index in [4.69, 9.17) is 5.11 Å². The highest BCUT2D eigenvalue weighted by atomic mass is 32.2. The van der Waals surface area contributed by atoms with E-state index in [0.29, 0.717) is 12.4 Å². The van der Waals surface area contributed by atoms with Crippen molar-refractivity contribution in [1.29, 1.82) is 0 Å². The van der Waals surface area contributed by atoms with Gasteiger partial charge in [0.25, 0.3) is 5.70 Å². The molecule has 2 unspecified atom stereocenters. The van der Waals surface area contributed by atoms with Crippen molar-refractivity contribution in [1.82, 2.24) is 10.2 Å². The highest BCUT2D eigenvalue weighted by Crippen LogP contribution is 2.23. The minimum absolute atomic E-state index is 0.0542. The summed E-state index contributed by atoms with van der Waals surface area (Å²) in [7, 11) is 0. The first kappa shape index (κ1) is 18.0. The molecular weight excluding hydrogens is 314 g/mol. The molecule has 21 heavy (non-hydrogen) atoms. The standard InChI is InChI=1S/C12H21N3O4S2/c1-8-6-13-11(14(8)4-5-20-3)10(15(18)19)7-21-9(2)12(16)17/h8-9,13H,4-7H2,1-3H3,(H,16,17)/b11-10-. The van der Waals surface area contributed by atoms with Crippen LogP contribution in [0.2, 0.25) is 0 Å². The van der Waals surface area contributed by atoms with E-state index in [0.717, 1.165) is 24.1 Å². The summed E-state index contributed by atoms with van der Waals surface area (Å²) in [5.41, 5.74) is 0.0542. The van der Waals surface area contributed by atoms with Crippen LogP contribution in [0.4, 0.5) is 0 Å². The van der Waals surface area contributed by atoms with Crippen LogP contribution in [0.5, 0.6) is 0 Å². The van der Waals surface area contributed by atoms with Crippen molar-refractivity contribution >= 4 is 29.5 Å². The topological polar surface area (TPSA) is 95.7 Å². The SMILES string of the molecule is CSCCN1/C(=C(/CSC(C)C(=O)O)[N+](=O)[O-])NCC1C. The van der Waals surface area contributed by atoms with Crippen molar-refractivity contribution in [2.45, 2.75) is 25.1 Å². The van der Waals surface area contributed by atoms with E-state index < -0.39 is 16.1 Å². The molecular formula is C12H21N3O4S2. The fourth-order valence-corrected chi connectivity index (χ4v) is 3.12. The second-order valence-corrected chi connectivity index (χ2v) is 7.07. The number of hydrogen-bond donors (Lipinski definition) is 2. The lowest BCUT2D eigenvalue weighted by atomic mass is 10.3. The zero-order chi connectivity index (χ0) is 16.0. The summed E-state index contributed by atoms with van der Waals surface area (Å²) < 4.78 is 0. The van der Waals surface area contributed by atoms with Crippen LogP contribution >= 0.6 is 23.5 Å². The van der Waals surface area contributed by atoms with Crippen LogP contribution in [0.1, 0.15) is 13.8 Å². The summed E-state index contributed by atoms with van der Waals surface area (Å²) in [5, 5.41) is 22.6. The van der Waals surface area contributed by atoms with E-state index in [-0.39, 0.29) is 17.5 Å². The monoisotopic (exact) mass is 335 g/mol. The maximum atomic E-state index is 11.3. The van der Waals surface area contributed by atoms with E-state index in [9.17, 15) is 14.9 Å². The molecule has 0 aromatic rings.